The van der Waals surface area contributed by atoms with Crippen molar-refractivity contribution in [2.45, 2.75) is 18.3 Å². The van der Waals surface area contributed by atoms with E-state index >= 15 is 0 Å². The van der Waals surface area contributed by atoms with E-state index in [2.05, 4.69) is 24.9 Å². The van der Waals surface area contributed by atoms with Crippen molar-refractivity contribution in [3.8, 4) is 11.3 Å². The monoisotopic (exact) mass is 516 g/mol. The molecular formula is C24H14F6N6O. The molecule has 0 bridgehead atoms. The molecule has 188 valence electrons. The second-order valence-corrected chi connectivity index (χ2v) is 8.03. The lowest BCUT2D eigenvalue weighted by Gasteiger charge is -2.23. The largest absolute Gasteiger partial charge is 0.418 e. The molecule has 0 saturated heterocycles. The van der Waals surface area contributed by atoms with Gasteiger partial charge >= 0.3 is 12.4 Å². The second-order valence-electron chi connectivity index (χ2n) is 8.03. The van der Waals surface area contributed by atoms with Crippen LogP contribution in [-0.2, 0) is 6.18 Å². The average Bonchev–Trinajstić information content (AvgIpc) is 2.82. The molecule has 0 saturated carbocycles. The highest BCUT2D eigenvalue weighted by atomic mass is 19.4. The maximum Gasteiger partial charge on any atom is 0.418 e. The lowest BCUT2D eigenvalue weighted by molar-refractivity contribution is -0.142. The van der Waals surface area contributed by atoms with E-state index in [1.807, 2.05) is 0 Å². The first-order chi connectivity index (χ1) is 17.4. The van der Waals surface area contributed by atoms with Crippen molar-refractivity contribution in [3.63, 3.8) is 0 Å². The molecule has 4 heterocycles. The molecule has 13 heteroatoms. The maximum absolute atomic E-state index is 14.7. The van der Waals surface area contributed by atoms with Crippen molar-refractivity contribution in [3.05, 3.63) is 88.2 Å². The van der Waals surface area contributed by atoms with E-state index in [0.29, 0.717) is 0 Å². The molecule has 0 radical (unpaired) electrons. The molecule has 0 amide bonds. The molecular weight excluding hydrogens is 502 g/mol. The third-order valence-corrected chi connectivity index (χ3v) is 5.65. The fourth-order valence-corrected chi connectivity index (χ4v) is 4.09. The molecule has 0 aliphatic rings. The summed E-state index contributed by atoms with van der Waals surface area (Å²) in [7, 11) is 0. The molecule has 0 aliphatic heterocycles. The highest BCUT2D eigenvalue weighted by molar-refractivity contribution is 5.87. The molecule has 0 aliphatic carbocycles. The molecule has 1 aromatic carbocycles. The SMILES string of the molecule is Nc1nc([C@@H](c2cc3cccc(C(F)(F)F)c3nc2-c2ccc[nH]c2=O)C(F)(F)F)nc2cccnc12. The van der Waals surface area contributed by atoms with Gasteiger partial charge in [0.2, 0.25) is 0 Å². The standard InChI is InChI=1S/C24H14F6N6O/c25-23(26,27)14-6-1-4-11-10-13(18(35-17(11)14)12-5-2-9-33-22(12)37)16(24(28,29)30)21-34-15-7-3-8-32-19(15)20(31)36-21/h1-10,16H,(H,33,37)(H2,31,34,36)/t16-/m1/s1. The van der Waals surface area contributed by atoms with Crippen LogP contribution in [0.3, 0.4) is 0 Å². The minimum absolute atomic E-state index is 0.0338. The van der Waals surface area contributed by atoms with Crippen molar-refractivity contribution in [2.75, 3.05) is 5.73 Å². The minimum atomic E-state index is -5.05. The third-order valence-electron chi connectivity index (χ3n) is 5.65. The molecule has 5 rings (SSSR count). The van der Waals surface area contributed by atoms with Crippen molar-refractivity contribution in [1.82, 2.24) is 24.9 Å². The zero-order chi connectivity index (χ0) is 26.5. The first kappa shape index (κ1) is 24.2. The predicted molar refractivity (Wildman–Crippen MR) is 122 cm³/mol. The van der Waals surface area contributed by atoms with Gasteiger partial charge in [0.25, 0.3) is 5.56 Å². The van der Waals surface area contributed by atoms with Crippen molar-refractivity contribution < 1.29 is 26.3 Å². The number of hydrogen-bond acceptors (Lipinski definition) is 6. The lowest BCUT2D eigenvalue weighted by Crippen LogP contribution is -2.26. The van der Waals surface area contributed by atoms with Crippen LogP contribution in [0.4, 0.5) is 32.2 Å². The number of rotatable bonds is 3. The Kier molecular flexibility index (Phi) is 5.57. The van der Waals surface area contributed by atoms with Gasteiger partial charge in [0.15, 0.2) is 5.82 Å². The number of nitrogens with one attached hydrogen (secondary N) is 1. The van der Waals surface area contributed by atoms with E-state index in [0.717, 1.165) is 18.2 Å². The molecule has 0 fully saturated rings. The van der Waals surface area contributed by atoms with Gasteiger partial charge in [-0.05, 0) is 42.0 Å². The topological polar surface area (TPSA) is 110 Å². The van der Waals surface area contributed by atoms with Gasteiger partial charge in [-0.1, -0.05) is 12.1 Å². The fourth-order valence-electron chi connectivity index (χ4n) is 4.09. The number of pyridine rings is 3. The lowest BCUT2D eigenvalue weighted by atomic mass is 9.91. The first-order valence-electron chi connectivity index (χ1n) is 10.6. The number of fused-ring (bicyclic) bond motifs is 2. The predicted octanol–water partition coefficient (Wildman–Crippen LogP) is 5.22. The molecule has 0 unspecified atom stereocenters. The number of aromatic amines is 1. The number of halogens is 6. The Hall–Kier alpha value is -4.55. The van der Waals surface area contributed by atoms with Crippen LogP contribution in [-0.4, -0.2) is 31.1 Å². The summed E-state index contributed by atoms with van der Waals surface area (Å²) in [4.78, 5) is 30.7. The summed E-state index contributed by atoms with van der Waals surface area (Å²) in [5, 5.41) is -0.217. The number of para-hydroxylation sites is 1. The quantitative estimate of drug-likeness (QED) is 0.318. The molecule has 0 spiro atoms. The van der Waals surface area contributed by atoms with Crippen molar-refractivity contribution >= 4 is 27.8 Å². The summed E-state index contributed by atoms with van der Waals surface area (Å²) in [5.41, 5.74) is 1.80. The summed E-state index contributed by atoms with van der Waals surface area (Å²) in [6, 6.07) is 9.28. The number of alkyl halides is 6. The fraction of sp³-hybridized carbons (Fsp3) is 0.125. The van der Waals surface area contributed by atoms with Gasteiger partial charge in [0.1, 0.15) is 17.3 Å². The molecule has 3 N–H and O–H groups in total. The first-order valence-corrected chi connectivity index (χ1v) is 10.6. The van der Waals surface area contributed by atoms with Gasteiger partial charge in [-0.15, -0.1) is 0 Å². The molecule has 4 aromatic heterocycles. The van der Waals surface area contributed by atoms with Crippen molar-refractivity contribution in [2.24, 2.45) is 0 Å². The van der Waals surface area contributed by atoms with Crippen LogP contribution in [0.15, 0.2) is 65.7 Å². The summed E-state index contributed by atoms with van der Waals surface area (Å²) in [6.07, 6.45) is -7.29. The number of nitrogens with two attached hydrogens (primary N) is 1. The Bertz CT molecular complexity index is 1710. The highest BCUT2D eigenvalue weighted by Crippen LogP contribution is 2.44. The Balaban J connectivity index is 1.89. The van der Waals surface area contributed by atoms with Crippen molar-refractivity contribution in [1.29, 1.82) is 0 Å². The van der Waals surface area contributed by atoms with Crippen LogP contribution in [0.1, 0.15) is 22.9 Å². The number of nitrogen functional groups attached to an aromatic ring is 1. The average molecular weight is 516 g/mol. The van der Waals surface area contributed by atoms with E-state index in [1.54, 1.807) is 0 Å². The Morgan fingerprint density at radius 1 is 0.892 bits per heavy atom. The highest BCUT2D eigenvalue weighted by Gasteiger charge is 2.46. The van der Waals surface area contributed by atoms with E-state index in [1.165, 1.54) is 42.7 Å². The number of nitrogens with zero attached hydrogens (tertiary/aromatic N) is 4. The summed E-state index contributed by atoms with van der Waals surface area (Å²) < 4.78 is 85.1. The Morgan fingerprint density at radius 3 is 2.38 bits per heavy atom. The molecule has 1 atom stereocenters. The summed E-state index contributed by atoms with van der Waals surface area (Å²) >= 11 is 0. The van der Waals surface area contributed by atoms with Gasteiger partial charge in [0, 0.05) is 17.8 Å². The van der Waals surface area contributed by atoms with Crippen LogP contribution in [0.2, 0.25) is 0 Å². The molecule has 5 aromatic rings. The van der Waals surface area contributed by atoms with E-state index < -0.39 is 52.0 Å². The molecule has 37 heavy (non-hydrogen) atoms. The maximum atomic E-state index is 14.7. The Morgan fingerprint density at radius 2 is 1.68 bits per heavy atom. The number of benzene rings is 1. The number of aromatic nitrogens is 5. The van der Waals surface area contributed by atoms with Crippen LogP contribution in [0.5, 0.6) is 0 Å². The van der Waals surface area contributed by atoms with Crippen LogP contribution >= 0.6 is 0 Å². The van der Waals surface area contributed by atoms with Crippen LogP contribution in [0, 0.1) is 0 Å². The number of hydrogen-bond donors (Lipinski definition) is 2. The van der Waals surface area contributed by atoms with Gasteiger partial charge in [0.05, 0.1) is 27.9 Å². The van der Waals surface area contributed by atoms with Gasteiger partial charge in [-0.2, -0.15) is 26.3 Å². The van der Waals surface area contributed by atoms with Gasteiger partial charge in [-0.3, -0.25) is 9.78 Å². The van der Waals surface area contributed by atoms with E-state index in [9.17, 15) is 31.1 Å². The normalized spacial score (nSPS) is 13.2. The number of H-pyrrole nitrogens is 1. The third kappa shape index (κ3) is 4.32. The molecule has 7 nitrogen and oxygen atoms in total. The van der Waals surface area contributed by atoms with Gasteiger partial charge < -0.3 is 10.7 Å². The smallest absolute Gasteiger partial charge is 0.382 e. The van der Waals surface area contributed by atoms with E-state index in [-0.39, 0.29) is 27.8 Å². The van der Waals surface area contributed by atoms with E-state index in [4.69, 9.17) is 5.73 Å². The second kappa shape index (κ2) is 8.54. The summed E-state index contributed by atoms with van der Waals surface area (Å²) in [6.45, 7) is 0. The van der Waals surface area contributed by atoms with Crippen LogP contribution in [0.25, 0.3) is 33.2 Å². The van der Waals surface area contributed by atoms with Gasteiger partial charge in [-0.25, -0.2) is 15.0 Å². The van der Waals surface area contributed by atoms with Crippen LogP contribution < -0.4 is 11.3 Å². The zero-order valence-corrected chi connectivity index (χ0v) is 18.4. The minimum Gasteiger partial charge on any atom is -0.382 e. The summed E-state index contributed by atoms with van der Waals surface area (Å²) in [5.74, 6) is -3.67. The number of anilines is 1. The zero-order valence-electron chi connectivity index (χ0n) is 18.4. The Labute approximate surface area is 203 Å².